The van der Waals surface area contributed by atoms with Gasteiger partial charge >= 0.3 is 0 Å². The number of rotatable bonds is 5. The molecule has 0 saturated carbocycles. The lowest BCUT2D eigenvalue weighted by Crippen LogP contribution is -2.31. The van der Waals surface area contributed by atoms with Crippen LogP contribution >= 0.6 is 0 Å². The van der Waals surface area contributed by atoms with E-state index in [2.05, 4.69) is 23.5 Å². The summed E-state index contributed by atoms with van der Waals surface area (Å²) in [5.41, 5.74) is 2.60. The van der Waals surface area contributed by atoms with Crippen LogP contribution in [-0.4, -0.2) is 44.1 Å². The van der Waals surface area contributed by atoms with Crippen molar-refractivity contribution in [1.82, 2.24) is 10.2 Å². The number of nitrogens with one attached hydrogen (secondary N) is 1. The lowest BCUT2D eigenvalue weighted by atomic mass is 10.0. The molecule has 2 rings (SSSR count). The van der Waals surface area contributed by atoms with E-state index in [0.29, 0.717) is 6.54 Å². The van der Waals surface area contributed by atoms with E-state index >= 15 is 0 Å². The quantitative estimate of drug-likeness (QED) is 0.892. The Bertz CT molecular complexity index is 480. The molecule has 1 aromatic rings. The largest absolute Gasteiger partial charge is 0.484 e. The number of nitrogens with zero attached hydrogens (tertiary/aromatic N) is 1. The SMILES string of the molecule is CCN(C)C(=O)COc1ccc(C2=CCNCC2)cc1. The highest BCUT2D eigenvalue weighted by Gasteiger charge is 2.08. The first-order valence-corrected chi connectivity index (χ1v) is 7.07. The molecule has 20 heavy (non-hydrogen) atoms. The summed E-state index contributed by atoms with van der Waals surface area (Å²) in [7, 11) is 1.78. The molecule has 1 aliphatic heterocycles. The standard InChI is InChI=1S/C16H22N2O2/c1-3-18(2)16(19)12-20-15-6-4-13(5-7-15)14-8-10-17-11-9-14/h4-8,17H,3,9-12H2,1-2H3. The van der Waals surface area contributed by atoms with E-state index in [4.69, 9.17) is 4.74 Å². The molecule has 4 nitrogen and oxygen atoms in total. The highest BCUT2D eigenvalue weighted by atomic mass is 16.5. The maximum atomic E-state index is 11.6. The van der Waals surface area contributed by atoms with Gasteiger partial charge in [-0.25, -0.2) is 0 Å². The van der Waals surface area contributed by atoms with Crippen LogP contribution in [0.4, 0.5) is 0 Å². The van der Waals surface area contributed by atoms with E-state index in [1.54, 1.807) is 11.9 Å². The fourth-order valence-corrected chi connectivity index (χ4v) is 2.08. The zero-order valence-electron chi connectivity index (χ0n) is 12.2. The lowest BCUT2D eigenvalue weighted by Gasteiger charge is -2.16. The highest BCUT2D eigenvalue weighted by molar-refractivity contribution is 5.77. The number of benzene rings is 1. The molecule has 0 radical (unpaired) electrons. The molecule has 0 atom stereocenters. The normalized spacial score (nSPS) is 14.6. The minimum absolute atomic E-state index is 0.00219. The third-order valence-corrected chi connectivity index (χ3v) is 3.55. The first kappa shape index (κ1) is 14.6. The van der Waals surface area contributed by atoms with Crippen LogP contribution in [0.5, 0.6) is 5.75 Å². The zero-order chi connectivity index (χ0) is 14.4. The molecule has 0 spiro atoms. The summed E-state index contributed by atoms with van der Waals surface area (Å²) in [6.07, 6.45) is 3.28. The number of hydrogen-bond donors (Lipinski definition) is 1. The molecular formula is C16H22N2O2. The first-order chi connectivity index (χ1) is 9.70. The Morgan fingerprint density at radius 1 is 1.35 bits per heavy atom. The van der Waals surface area contributed by atoms with Gasteiger partial charge in [0.15, 0.2) is 6.61 Å². The monoisotopic (exact) mass is 274 g/mol. The van der Waals surface area contributed by atoms with E-state index in [9.17, 15) is 4.79 Å². The average Bonchev–Trinajstić information content (AvgIpc) is 2.53. The number of carbonyl (C=O) groups is 1. The van der Waals surface area contributed by atoms with Gasteiger partial charge in [0.1, 0.15) is 5.75 Å². The second-order valence-corrected chi connectivity index (χ2v) is 4.90. The number of ether oxygens (including phenoxy) is 1. The average molecular weight is 274 g/mol. The van der Waals surface area contributed by atoms with Crippen molar-refractivity contribution >= 4 is 11.5 Å². The molecule has 0 fully saturated rings. The van der Waals surface area contributed by atoms with Gasteiger partial charge in [-0.05, 0) is 43.2 Å². The summed E-state index contributed by atoms with van der Waals surface area (Å²) < 4.78 is 5.51. The Balaban J connectivity index is 1.91. The van der Waals surface area contributed by atoms with Gasteiger partial charge in [-0.15, -0.1) is 0 Å². The zero-order valence-corrected chi connectivity index (χ0v) is 12.2. The van der Waals surface area contributed by atoms with E-state index in [1.807, 2.05) is 19.1 Å². The number of amides is 1. The second-order valence-electron chi connectivity index (χ2n) is 4.90. The molecule has 0 aromatic heterocycles. The van der Waals surface area contributed by atoms with E-state index in [0.717, 1.165) is 25.3 Å². The molecule has 0 saturated heterocycles. The van der Waals surface area contributed by atoms with Crippen molar-refractivity contribution in [2.75, 3.05) is 33.3 Å². The third kappa shape index (κ3) is 3.84. The molecule has 0 bridgehead atoms. The predicted molar refractivity (Wildman–Crippen MR) is 80.7 cm³/mol. The van der Waals surface area contributed by atoms with E-state index in [-0.39, 0.29) is 12.5 Å². The minimum Gasteiger partial charge on any atom is -0.484 e. The van der Waals surface area contributed by atoms with E-state index in [1.165, 1.54) is 11.1 Å². The molecule has 1 N–H and O–H groups in total. The molecule has 4 heteroatoms. The van der Waals surface area contributed by atoms with Crippen LogP contribution in [0, 0.1) is 0 Å². The van der Waals surface area contributed by atoms with Gasteiger partial charge in [-0.3, -0.25) is 4.79 Å². The van der Waals surface area contributed by atoms with Crippen LogP contribution in [-0.2, 0) is 4.79 Å². The van der Waals surface area contributed by atoms with Crippen molar-refractivity contribution in [3.05, 3.63) is 35.9 Å². The van der Waals surface area contributed by atoms with Crippen LogP contribution < -0.4 is 10.1 Å². The van der Waals surface area contributed by atoms with Gasteiger partial charge in [-0.1, -0.05) is 18.2 Å². The van der Waals surface area contributed by atoms with Crippen molar-refractivity contribution in [2.45, 2.75) is 13.3 Å². The van der Waals surface area contributed by atoms with Crippen LogP contribution in [0.3, 0.4) is 0 Å². The van der Waals surface area contributed by atoms with Gasteiger partial charge < -0.3 is 15.0 Å². The Labute approximate surface area is 120 Å². The highest BCUT2D eigenvalue weighted by Crippen LogP contribution is 2.22. The molecule has 1 aliphatic rings. The van der Waals surface area contributed by atoms with Crippen LogP contribution in [0.1, 0.15) is 18.9 Å². The number of hydrogen-bond acceptors (Lipinski definition) is 3. The lowest BCUT2D eigenvalue weighted by molar-refractivity contribution is -0.131. The van der Waals surface area contributed by atoms with Crippen molar-refractivity contribution in [3.63, 3.8) is 0 Å². The summed E-state index contributed by atoms with van der Waals surface area (Å²) >= 11 is 0. The van der Waals surface area contributed by atoms with Crippen LogP contribution in [0.15, 0.2) is 30.3 Å². The van der Waals surface area contributed by atoms with Crippen molar-refractivity contribution in [3.8, 4) is 5.75 Å². The van der Waals surface area contributed by atoms with Gasteiger partial charge in [0.2, 0.25) is 0 Å². The van der Waals surface area contributed by atoms with Gasteiger partial charge in [0.05, 0.1) is 0 Å². The second kappa shape index (κ2) is 7.10. The maximum absolute atomic E-state index is 11.6. The van der Waals surface area contributed by atoms with Gasteiger partial charge in [-0.2, -0.15) is 0 Å². The molecule has 1 heterocycles. The molecular weight excluding hydrogens is 252 g/mol. The summed E-state index contributed by atoms with van der Waals surface area (Å²) in [6, 6.07) is 7.97. The Morgan fingerprint density at radius 3 is 2.70 bits per heavy atom. The van der Waals surface area contributed by atoms with E-state index < -0.39 is 0 Å². The number of carbonyl (C=O) groups excluding carboxylic acids is 1. The van der Waals surface area contributed by atoms with Gasteiger partial charge in [0, 0.05) is 20.1 Å². The van der Waals surface area contributed by atoms with Crippen LogP contribution in [0.25, 0.3) is 5.57 Å². The fraction of sp³-hybridized carbons (Fsp3) is 0.438. The van der Waals surface area contributed by atoms with Gasteiger partial charge in [0.25, 0.3) is 5.91 Å². The Hall–Kier alpha value is -1.81. The van der Waals surface area contributed by atoms with Crippen molar-refractivity contribution in [2.24, 2.45) is 0 Å². The maximum Gasteiger partial charge on any atom is 0.260 e. The third-order valence-electron chi connectivity index (χ3n) is 3.55. The fourth-order valence-electron chi connectivity index (χ4n) is 2.08. The predicted octanol–water partition coefficient (Wildman–Crippen LogP) is 1.92. The molecule has 108 valence electrons. The molecule has 0 aliphatic carbocycles. The molecule has 1 amide bonds. The van der Waals surface area contributed by atoms with Crippen molar-refractivity contribution < 1.29 is 9.53 Å². The van der Waals surface area contributed by atoms with Crippen LogP contribution in [0.2, 0.25) is 0 Å². The van der Waals surface area contributed by atoms with Crippen molar-refractivity contribution in [1.29, 1.82) is 0 Å². The molecule has 1 aromatic carbocycles. The smallest absolute Gasteiger partial charge is 0.260 e. The summed E-state index contributed by atoms with van der Waals surface area (Å²) in [4.78, 5) is 13.3. The molecule has 0 unspecified atom stereocenters. The summed E-state index contributed by atoms with van der Waals surface area (Å²) in [6.45, 7) is 4.70. The summed E-state index contributed by atoms with van der Waals surface area (Å²) in [5, 5.41) is 3.30. The Morgan fingerprint density at radius 2 is 2.10 bits per heavy atom. The topological polar surface area (TPSA) is 41.6 Å². The minimum atomic E-state index is -0.00219. The number of likely N-dealkylation sites (N-methyl/N-ethyl adjacent to an activating group) is 1. The Kier molecular flexibility index (Phi) is 5.18. The summed E-state index contributed by atoms with van der Waals surface area (Å²) in [5.74, 6) is 0.735. The first-order valence-electron chi connectivity index (χ1n) is 7.07.